The summed E-state index contributed by atoms with van der Waals surface area (Å²) in [4.78, 5) is 22.5. The lowest BCUT2D eigenvalue weighted by Crippen LogP contribution is -2.46. The maximum absolute atomic E-state index is 13.5. The van der Waals surface area contributed by atoms with Gasteiger partial charge in [0.15, 0.2) is 5.76 Å². The lowest BCUT2D eigenvalue weighted by molar-refractivity contribution is 0.101. The summed E-state index contributed by atoms with van der Waals surface area (Å²) in [5.41, 5.74) is 4.01. The van der Waals surface area contributed by atoms with Crippen LogP contribution in [0.15, 0.2) is 66.7 Å². The van der Waals surface area contributed by atoms with Crippen LogP contribution >= 0.6 is 0 Å². The molecule has 37 heavy (non-hydrogen) atoms. The number of hydrogen-bond acceptors (Lipinski definition) is 6. The molecule has 6 rings (SSSR count). The number of para-hydroxylation sites is 1. The van der Waals surface area contributed by atoms with Gasteiger partial charge in [0.05, 0.1) is 11.1 Å². The molecular weight excluding hydrogens is 464 g/mol. The molecule has 0 spiro atoms. The van der Waals surface area contributed by atoms with Gasteiger partial charge in [0, 0.05) is 68.1 Å². The third-order valence-electron chi connectivity index (χ3n) is 7.39. The molecular formula is C30H30N4O3. The van der Waals surface area contributed by atoms with Crippen molar-refractivity contribution in [1.29, 1.82) is 0 Å². The van der Waals surface area contributed by atoms with Crippen molar-refractivity contribution in [1.82, 2.24) is 14.5 Å². The zero-order chi connectivity index (χ0) is 25.5. The number of phenols is 1. The summed E-state index contributed by atoms with van der Waals surface area (Å²) < 4.78 is 8.40. The number of pyridine rings is 1. The normalized spacial score (nSPS) is 17.0. The summed E-state index contributed by atoms with van der Waals surface area (Å²) in [5.74, 6) is 1.79. The van der Waals surface area contributed by atoms with Gasteiger partial charge in [0.1, 0.15) is 17.3 Å². The maximum Gasteiger partial charge on any atom is 0.232 e. The highest BCUT2D eigenvalue weighted by Gasteiger charge is 2.34. The second kappa shape index (κ2) is 9.41. The fourth-order valence-corrected chi connectivity index (χ4v) is 5.43. The smallest absolute Gasteiger partial charge is 0.232 e. The maximum atomic E-state index is 13.5. The Bertz CT molecular complexity index is 1520. The van der Waals surface area contributed by atoms with E-state index in [-0.39, 0.29) is 11.5 Å². The quantitative estimate of drug-likeness (QED) is 0.394. The Morgan fingerprint density at radius 2 is 1.86 bits per heavy atom. The van der Waals surface area contributed by atoms with Crippen LogP contribution in [0.5, 0.6) is 11.5 Å². The van der Waals surface area contributed by atoms with E-state index in [0.717, 1.165) is 60.6 Å². The molecule has 1 N–H and O–H groups in total. The number of ketones is 1. The molecule has 0 amide bonds. The number of allylic oxidation sites excluding steroid dienone is 1. The van der Waals surface area contributed by atoms with Gasteiger partial charge in [-0.15, -0.1) is 0 Å². The van der Waals surface area contributed by atoms with Crippen molar-refractivity contribution >= 4 is 28.6 Å². The van der Waals surface area contributed by atoms with E-state index < -0.39 is 0 Å². The second-order valence-corrected chi connectivity index (χ2v) is 9.67. The predicted octanol–water partition coefficient (Wildman–Crippen LogP) is 5.01. The summed E-state index contributed by atoms with van der Waals surface area (Å²) in [6, 6.07) is 15.8. The lowest BCUT2D eigenvalue weighted by atomic mass is 9.99. The molecule has 0 aliphatic carbocycles. The van der Waals surface area contributed by atoms with Crippen LogP contribution in [-0.4, -0.2) is 51.5 Å². The number of aromatic hydroxyl groups is 1. The highest BCUT2D eigenvalue weighted by molar-refractivity contribution is 6.16. The summed E-state index contributed by atoms with van der Waals surface area (Å²) in [6.07, 6.45) is 5.71. The minimum absolute atomic E-state index is 0.137. The molecule has 0 atom stereocenters. The molecule has 2 aromatic carbocycles. The number of hydrogen-bond donors (Lipinski definition) is 1. The summed E-state index contributed by atoms with van der Waals surface area (Å²) in [5, 5.41) is 12.0. The average molecular weight is 495 g/mol. The second-order valence-electron chi connectivity index (χ2n) is 9.67. The number of phenolic OH excluding ortho intramolecular Hbond substituents is 1. The zero-order valence-corrected chi connectivity index (χ0v) is 21.1. The molecule has 1 fully saturated rings. The van der Waals surface area contributed by atoms with E-state index >= 15 is 0 Å². The SMILES string of the molecule is CCn1cc(/C=C2/Oc3c(CN4CCN(c5ccccn5)CC4)c(O)cc(C)c3C2=O)c2ccccc21. The molecule has 0 radical (unpaired) electrons. The van der Waals surface area contributed by atoms with Crippen LogP contribution in [0, 0.1) is 6.92 Å². The first kappa shape index (κ1) is 23.3. The van der Waals surface area contributed by atoms with Crippen LogP contribution in [0.25, 0.3) is 17.0 Å². The summed E-state index contributed by atoms with van der Waals surface area (Å²) >= 11 is 0. The molecule has 2 aromatic heterocycles. The minimum Gasteiger partial charge on any atom is -0.507 e. The number of aryl methyl sites for hydroxylation is 2. The Labute approximate surface area is 216 Å². The van der Waals surface area contributed by atoms with Crippen molar-refractivity contribution in [3.63, 3.8) is 0 Å². The Hall–Kier alpha value is -4.10. The van der Waals surface area contributed by atoms with E-state index in [2.05, 4.69) is 44.6 Å². The summed E-state index contributed by atoms with van der Waals surface area (Å²) in [6.45, 7) is 8.64. The van der Waals surface area contributed by atoms with Gasteiger partial charge in [-0.3, -0.25) is 9.69 Å². The third kappa shape index (κ3) is 4.15. The number of carbonyl (C=O) groups is 1. The Morgan fingerprint density at radius 1 is 1.08 bits per heavy atom. The monoisotopic (exact) mass is 494 g/mol. The van der Waals surface area contributed by atoms with E-state index in [9.17, 15) is 9.90 Å². The van der Waals surface area contributed by atoms with Crippen LogP contribution < -0.4 is 9.64 Å². The largest absolute Gasteiger partial charge is 0.507 e. The number of carbonyl (C=O) groups excluding carboxylic acids is 1. The Balaban J connectivity index is 1.28. The fourth-order valence-electron chi connectivity index (χ4n) is 5.43. The molecule has 2 aliphatic heterocycles. The van der Waals surface area contributed by atoms with Gasteiger partial charge < -0.3 is 19.3 Å². The number of piperazine rings is 1. The lowest BCUT2D eigenvalue weighted by Gasteiger charge is -2.35. The Morgan fingerprint density at radius 3 is 2.62 bits per heavy atom. The molecule has 1 saturated heterocycles. The number of benzene rings is 2. The van der Waals surface area contributed by atoms with Crippen LogP contribution in [0.1, 0.15) is 34.0 Å². The van der Waals surface area contributed by atoms with Crippen LogP contribution in [0.2, 0.25) is 0 Å². The van der Waals surface area contributed by atoms with Crippen molar-refractivity contribution in [3.05, 3.63) is 88.9 Å². The molecule has 7 nitrogen and oxygen atoms in total. The van der Waals surface area contributed by atoms with Gasteiger partial charge >= 0.3 is 0 Å². The van der Waals surface area contributed by atoms with Gasteiger partial charge in [0.25, 0.3) is 0 Å². The van der Waals surface area contributed by atoms with E-state index in [4.69, 9.17) is 4.74 Å². The molecule has 0 unspecified atom stereocenters. The van der Waals surface area contributed by atoms with Gasteiger partial charge in [-0.05, 0) is 49.8 Å². The van der Waals surface area contributed by atoms with Crippen molar-refractivity contribution in [2.24, 2.45) is 0 Å². The number of aromatic nitrogens is 2. The van der Waals surface area contributed by atoms with E-state index in [1.165, 1.54) is 0 Å². The van der Waals surface area contributed by atoms with Gasteiger partial charge in [-0.1, -0.05) is 24.3 Å². The number of nitrogens with zero attached hydrogens (tertiary/aromatic N) is 4. The molecule has 2 aliphatic rings. The van der Waals surface area contributed by atoms with E-state index in [1.807, 2.05) is 49.5 Å². The standard InChI is InChI=1S/C30H30N4O3/c1-3-33-18-21(22-8-4-5-9-24(22)33)17-26-29(36)28-20(2)16-25(35)23(30(28)37-26)19-32-12-14-34(15-13-32)27-10-6-7-11-31-27/h4-11,16-18,35H,3,12-15,19H2,1-2H3/b26-17+. The molecule has 7 heteroatoms. The number of anilines is 1. The third-order valence-corrected chi connectivity index (χ3v) is 7.39. The van der Waals surface area contributed by atoms with Crippen molar-refractivity contribution < 1.29 is 14.6 Å². The number of Topliss-reactive ketones (excluding diaryl/α,β-unsaturated/α-hetero) is 1. The predicted molar refractivity (Wildman–Crippen MR) is 145 cm³/mol. The average Bonchev–Trinajstić information content (AvgIpc) is 3.45. The Kier molecular flexibility index (Phi) is 5.93. The first-order valence-corrected chi connectivity index (χ1v) is 12.8. The van der Waals surface area contributed by atoms with Crippen LogP contribution in [0.4, 0.5) is 5.82 Å². The molecule has 188 valence electrons. The van der Waals surface area contributed by atoms with E-state index in [1.54, 1.807) is 6.07 Å². The van der Waals surface area contributed by atoms with Crippen molar-refractivity contribution in [3.8, 4) is 11.5 Å². The van der Waals surface area contributed by atoms with Crippen molar-refractivity contribution in [2.45, 2.75) is 26.9 Å². The highest BCUT2D eigenvalue weighted by atomic mass is 16.5. The molecule has 0 saturated carbocycles. The van der Waals surface area contributed by atoms with Gasteiger partial charge in [0.2, 0.25) is 5.78 Å². The molecule has 4 aromatic rings. The number of rotatable bonds is 5. The van der Waals surface area contributed by atoms with E-state index in [0.29, 0.717) is 29.2 Å². The van der Waals surface area contributed by atoms with Crippen LogP contribution in [-0.2, 0) is 13.1 Å². The molecule has 0 bridgehead atoms. The molecule has 4 heterocycles. The van der Waals surface area contributed by atoms with Crippen molar-refractivity contribution in [2.75, 3.05) is 31.1 Å². The zero-order valence-electron chi connectivity index (χ0n) is 21.1. The first-order valence-electron chi connectivity index (χ1n) is 12.8. The first-order chi connectivity index (χ1) is 18.0. The topological polar surface area (TPSA) is 70.8 Å². The summed E-state index contributed by atoms with van der Waals surface area (Å²) in [7, 11) is 0. The van der Waals surface area contributed by atoms with Gasteiger partial charge in [-0.2, -0.15) is 0 Å². The minimum atomic E-state index is -0.137. The van der Waals surface area contributed by atoms with Crippen LogP contribution in [0.3, 0.4) is 0 Å². The van der Waals surface area contributed by atoms with Gasteiger partial charge in [-0.25, -0.2) is 4.98 Å². The number of ether oxygens (including phenoxy) is 1. The number of fused-ring (bicyclic) bond motifs is 2. The fraction of sp³-hybridized carbons (Fsp3) is 0.267. The highest BCUT2D eigenvalue weighted by Crippen LogP contribution is 2.42.